The molecule has 0 spiro atoms. The molecule has 0 aromatic rings. The van der Waals surface area contributed by atoms with E-state index in [0.29, 0.717) is 6.61 Å². The topological polar surface area (TPSA) is 47.6 Å². The van der Waals surface area contributed by atoms with Crippen molar-refractivity contribution < 1.29 is 14.3 Å². The number of esters is 1. The summed E-state index contributed by atoms with van der Waals surface area (Å²) in [4.78, 5) is 11.4. The van der Waals surface area contributed by atoms with Crippen molar-refractivity contribution in [2.45, 2.75) is 38.9 Å². The lowest BCUT2D eigenvalue weighted by Crippen LogP contribution is -2.36. The first-order valence-electron chi connectivity index (χ1n) is 5.27. The Labute approximate surface area is 97.1 Å². The fraction of sp³-hybridized carbons (Fsp3) is 0.900. The summed E-state index contributed by atoms with van der Waals surface area (Å²) in [5.41, 5.74) is 0. The van der Waals surface area contributed by atoms with Gasteiger partial charge in [-0.15, -0.1) is 12.4 Å². The number of halogens is 1. The summed E-state index contributed by atoms with van der Waals surface area (Å²) < 4.78 is 10.5. The number of ether oxygens (including phenoxy) is 2. The zero-order valence-corrected chi connectivity index (χ0v) is 10.1. The molecule has 0 bridgehead atoms. The molecule has 1 rings (SSSR count). The number of nitrogens with one attached hydrogen (secondary N) is 1. The van der Waals surface area contributed by atoms with Crippen LogP contribution in [-0.2, 0) is 14.3 Å². The second-order valence-corrected chi connectivity index (χ2v) is 3.48. The maximum atomic E-state index is 11.4. The van der Waals surface area contributed by atoms with Gasteiger partial charge in [-0.05, 0) is 39.8 Å². The maximum Gasteiger partial charge on any atom is 0.335 e. The minimum Gasteiger partial charge on any atom is -0.460 e. The highest BCUT2D eigenvalue weighted by Gasteiger charge is 2.21. The zero-order chi connectivity index (χ0) is 10.4. The molecule has 1 heterocycles. The fourth-order valence-electron chi connectivity index (χ4n) is 1.49. The number of hydrogen-bond acceptors (Lipinski definition) is 4. The molecule has 0 saturated carbocycles. The average Bonchev–Trinajstić information content (AvgIpc) is 2.19. The van der Waals surface area contributed by atoms with Crippen LogP contribution in [0.4, 0.5) is 0 Å². The third kappa shape index (κ3) is 5.35. The van der Waals surface area contributed by atoms with E-state index in [1.165, 1.54) is 0 Å². The predicted molar refractivity (Wildman–Crippen MR) is 60.3 cm³/mol. The van der Waals surface area contributed by atoms with Crippen molar-refractivity contribution in [2.24, 2.45) is 0 Å². The number of carbonyl (C=O) groups is 1. The van der Waals surface area contributed by atoms with Crippen LogP contribution in [0.15, 0.2) is 0 Å². The quantitative estimate of drug-likeness (QED) is 0.745. The lowest BCUT2D eigenvalue weighted by atomic mass is 10.1. The summed E-state index contributed by atoms with van der Waals surface area (Å²) in [6, 6.07) is 0. The third-order valence-corrected chi connectivity index (χ3v) is 2.32. The molecule has 1 saturated heterocycles. The van der Waals surface area contributed by atoms with E-state index in [1.807, 2.05) is 6.92 Å². The average molecular weight is 238 g/mol. The molecule has 0 amide bonds. The smallest absolute Gasteiger partial charge is 0.335 e. The van der Waals surface area contributed by atoms with Gasteiger partial charge < -0.3 is 14.8 Å². The van der Waals surface area contributed by atoms with Crippen LogP contribution in [-0.4, -0.2) is 37.9 Å². The summed E-state index contributed by atoms with van der Waals surface area (Å²) in [7, 11) is 0. The van der Waals surface area contributed by atoms with Crippen molar-refractivity contribution in [3.63, 3.8) is 0 Å². The van der Waals surface area contributed by atoms with Crippen molar-refractivity contribution in [1.29, 1.82) is 0 Å². The van der Waals surface area contributed by atoms with Crippen LogP contribution >= 0.6 is 12.4 Å². The lowest BCUT2D eigenvalue weighted by Gasteiger charge is -2.24. The molecule has 0 aromatic carbocycles. The molecule has 4 nitrogen and oxygen atoms in total. The first-order chi connectivity index (χ1) is 6.74. The maximum absolute atomic E-state index is 11.4. The molecule has 5 heteroatoms. The Kier molecular flexibility index (Phi) is 7.74. The Balaban J connectivity index is 0.00000196. The van der Waals surface area contributed by atoms with Crippen LogP contribution in [0.2, 0.25) is 0 Å². The summed E-state index contributed by atoms with van der Waals surface area (Å²) in [5.74, 6) is -0.237. The highest BCUT2D eigenvalue weighted by molar-refractivity contribution is 5.85. The largest absolute Gasteiger partial charge is 0.460 e. The highest BCUT2D eigenvalue weighted by atomic mass is 35.5. The Morgan fingerprint density at radius 1 is 1.47 bits per heavy atom. The first-order valence-corrected chi connectivity index (χ1v) is 5.27. The first kappa shape index (κ1) is 14.7. The molecule has 1 aliphatic heterocycles. The van der Waals surface area contributed by atoms with Crippen LogP contribution in [0.1, 0.15) is 26.7 Å². The standard InChI is InChI=1S/C10H19NO3.ClH/c1-3-13-8(2)10(12)14-9-4-6-11-7-5-9;/h8-9,11H,3-7H2,1-2H3;1H. The predicted octanol–water partition coefficient (Wildman–Crippen LogP) is 1.13. The SMILES string of the molecule is CCOC(C)C(=O)OC1CCNCC1.Cl. The second-order valence-electron chi connectivity index (χ2n) is 3.48. The van der Waals surface area contributed by atoms with E-state index < -0.39 is 6.10 Å². The van der Waals surface area contributed by atoms with Gasteiger partial charge in [-0.1, -0.05) is 0 Å². The van der Waals surface area contributed by atoms with E-state index in [9.17, 15) is 4.79 Å². The minimum absolute atomic E-state index is 0. The Morgan fingerprint density at radius 2 is 2.07 bits per heavy atom. The normalized spacial score (nSPS) is 19.1. The van der Waals surface area contributed by atoms with Crippen molar-refractivity contribution in [1.82, 2.24) is 5.32 Å². The van der Waals surface area contributed by atoms with Gasteiger partial charge in [0.2, 0.25) is 0 Å². The molecule has 15 heavy (non-hydrogen) atoms. The molecule has 0 radical (unpaired) electrons. The molecule has 1 fully saturated rings. The summed E-state index contributed by atoms with van der Waals surface area (Å²) in [6.07, 6.45) is 1.45. The Hall–Kier alpha value is -0.320. The summed E-state index contributed by atoms with van der Waals surface area (Å²) in [5, 5.41) is 3.22. The monoisotopic (exact) mass is 237 g/mol. The van der Waals surface area contributed by atoms with Crippen LogP contribution in [0, 0.1) is 0 Å². The molecule has 0 aliphatic carbocycles. The summed E-state index contributed by atoms with van der Waals surface area (Å²) >= 11 is 0. The molecule has 0 aromatic heterocycles. The van der Waals surface area contributed by atoms with E-state index in [4.69, 9.17) is 9.47 Å². The van der Waals surface area contributed by atoms with Gasteiger partial charge in [0.05, 0.1) is 0 Å². The number of piperidine rings is 1. The molecule has 1 aliphatic rings. The summed E-state index contributed by atoms with van der Waals surface area (Å²) in [6.45, 7) is 6.01. The van der Waals surface area contributed by atoms with Crippen LogP contribution < -0.4 is 5.32 Å². The van der Waals surface area contributed by atoms with Crippen molar-refractivity contribution in [3.05, 3.63) is 0 Å². The van der Waals surface area contributed by atoms with Crippen molar-refractivity contribution >= 4 is 18.4 Å². The van der Waals surface area contributed by atoms with E-state index >= 15 is 0 Å². The third-order valence-electron chi connectivity index (χ3n) is 2.32. The molecule has 1 atom stereocenters. The number of rotatable bonds is 4. The molecular formula is C10H20ClNO3. The molecule has 1 N–H and O–H groups in total. The van der Waals surface area contributed by atoms with Gasteiger partial charge in [0, 0.05) is 6.61 Å². The van der Waals surface area contributed by atoms with Crippen LogP contribution in [0.3, 0.4) is 0 Å². The van der Waals surface area contributed by atoms with Gasteiger partial charge in [0.25, 0.3) is 0 Å². The lowest BCUT2D eigenvalue weighted by molar-refractivity contribution is -0.162. The van der Waals surface area contributed by atoms with E-state index in [1.54, 1.807) is 6.92 Å². The van der Waals surface area contributed by atoms with Gasteiger partial charge >= 0.3 is 5.97 Å². The zero-order valence-electron chi connectivity index (χ0n) is 9.32. The molecular weight excluding hydrogens is 218 g/mol. The van der Waals surface area contributed by atoms with E-state index in [0.717, 1.165) is 25.9 Å². The fourth-order valence-corrected chi connectivity index (χ4v) is 1.49. The van der Waals surface area contributed by atoms with Gasteiger partial charge in [-0.25, -0.2) is 4.79 Å². The van der Waals surface area contributed by atoms with Crippen LogP contribution in [0.25, 0.3) is 0 Å². The highest BCUT2D eigenvalue weighted by Crippen LogP contribution is 2.09. The van der Waals surface area contributed by atoms with Gasteiger partial charge in [0.1, 0.15) is 6.10 Å². The van der Waals surface area contributed by atoms with E-state index in [2.05, 4.69) is 5.32 Å². The Bertz CT molecular complexity index is 184. The van der Waals surface area contributed by atoms with Gasteiger partial charge in [-0.2, -0.15) is 0 Å². The van der Waals surface area contributed by atoms with Crippen LogP contribution in [0.5, 0.6) is 0 Å². The number of carbonyl (C=O) groups excluding carboxylic acids is 1. The van der Waals surface area contributed by atoms with Gasteiger partial charge in [-0.3, -0.25) is 0 Å². The van der Waals surface area contributed by atoms with E-state index in [-0.39, 0.29) is 24.5 Å². The Morgan fingerprint density at radius 3 is 2.60 bits per heavy atom. The minimum atomic E-state index is -0.435. The van der Waals surface area contributed by atoms with Crippen molar-refractivity contribution in [3.8, 4) is 0 Å². The second kappa shape index (κ2) is 7.91. The molecule has 1 unspecified atom stereocenters. The number of hydrogen-bond donors (Lipinski definition) is 1. The van der Waals surface area contributed by atoms with Gasteiger partial charge in [0.15, 0.2) is 6.10 Å². The van der Waals surface area contributed by atoms with Crippen molar-refractivity contribution in [2.75, 3.05) is 19.7 Å². The molecule has 90 valence electrons.